The van der Waals surface area contributed by atoms with Crippen molar-refractivity contribution in [2.45, 2.75) is 18.6 Å². The Morgan fingerprint density at radius 1 is 0.750 bits per heavy atom. The van der Waals surface area contributed by atoms with Gasteiger partial charge in [0.15, 0.2) is 0 Å². The summed E-state index contributed by atoms with van der Waals surface area (Å²) in [6.07, 6.45) is 1.29. The van der Waals surface area contributed by atoms with Gasteiger partial charge in [0.1, 0.15) is 0 Å². The third-order valence-electron chi connectivity index (χ3n) is 2.92. The smallest absolute Gasteiger partial charge is 0.0717 e. The maximum Gasteiger partial charge on any atom is 0.0717 e. The molecule has 8 heteroatoms. The predicted molar refractivity (Wildman–Crippen MR) is 110 cm³/mol. The van der Waals surface area contributed by atoms with E-state index in [0.29, 0.717) is 0 Å². The Labute approximate surface area is 154 Å². The molecule has 4 aliphatic rings. The monoisotopic (exact) mass is 412 g/mol. The van der Waals surface area contributed by atoms with Gasteiger partial charge in [-0.2, -0.15) is 0 Å². The lowest BCUT2D eigenvalue weighted by Crippen LogP contribution is -2.07. The molecule has 0 aliphatic carbocycles. The van der Waals surface area contributed by atoms with Crippen molar-refractivity contribution in [1.29, 1.82) is 0 Å². The summed E-state index contributed by atoms with van der Waals surface area (Å²) in [4.78, 5) is 0. The molecule has 0 aromatic rings. The second-order valence-corrected chi connectivity index (χ2v) is 14.5. The largest absolute Gasteiger partial charge is 0.116 e. The van der Waals surface area contributed by atoms with Crippen molar-refractivity contribution in [3.8, 4) is 0 Å². The molecule has 0 aromatic carbocycles. The highest BCUT2D eigenvalue weighted by molar-refractivity contribution is 8.45. The Morgan fingerprint density at radius 3 is 1.90 bits per heavy atom. The molecule has 0 bridgehead atoms. The van der Waals surface area contributed by atoms with Crippen LogP contribution in [-0.4, -0.2) is 22.5 Å². The Kier molecular flexibility index (Phi) is 5.34. The van der Waals surface area contributed by atoms with E-state index in [4.69, 9.17) is 0 Å². The van der Waals surface area contributed by atoms with E-state index in [-0.39, 0.29) is 0 Å². The first-order valence-electron chi connectivity index (χ1n) is 6.32. The standard InChI is InChI=1S/C12H12S8/c1-2-6-5-15-9-10(16-6)20-12(19-9)11-17-7-8(18-11)14-4-3-13-7/h6H,2-5H2,1H3. The Bertz CT molecular complexity index is 512. The zero-order valence-corrected chi connectivity index (χ0v) is 17.2. The van der Waals surface area contributed by atoms with Gasteiger partial charge >= 0.3 is 0 Å². The van der Waals surface area contributed by atoms with Crippen molar-refractivity contribution < 1.29 is 0 Å². The first-order valence-corrected chi connectivity index (χ1v) is 13.4. The van der Waals surface area contributed by atoms with Crippen LogP contribution in [0.3, 0.4) is 0 Å². The zero-order chi connectivity index (χ0) is 13.5. The van der Waals surface area contributed by atoms with E-state index < -0.39 is 0 Å². The van der Waals surface area contributed by atoms with Crippen molar-refractivity contribution >= 4 is 94.1 Å². The van der Waals surface area contributed by atoms with Crippen LogP contribution < -0.4 is 0 Å². The molecule has 0 saturated heterocycles. The first kappa shape index (κ1) is 15.5. The van der Waals surface area contributed by atoms with E-state index in [0.717, 1.165) is 5.25 Å². The second-order valence-electron chi connectivity index (χ2n) is 4.29. The highest BCUT2D eigenvalue weighted by Gasteiger charge is 2.34. The normalized spacial score (nSPS) is 30.1. The fourth-order valence-corrected chi connectivity index (χ4v) is 14.5. The molecule has 0 aromatic heterocycles. The molecule has 0 radical (unpaired) electrons. The molecule has 0 fully saturated rings. The summed E-state index contributed by atoms with van der Waals surface area (Å²) in [5, 5.41) is 0.817. The molecule has 108 valence electrons. The van der Waals surface area contributed by atoms with E-state index >= 15 is 0 Å². The Morgan fingerprint density at radius 2 is 1.30 bits per heavy atom. The zero-order valence-electron chi connectivity index (χ0n) is 10.7. The average molecular weight is 413 g/mol. The van der Waals surface area contributed by atoms with Crippen LogP contribution in [0.25, 0.3) is 0 Å². The maximum atomic E-state index is 2.31. The number of thioether (sulfide) groups is 8. The molecule has 20 heavy (non-hydrogen) atoms. The van der Waals surface area contributed by atoms with Crippen molar-refractivity contribution in [2.75, 3.05) is 17.3 Å². The summed E-state index contributed by atoms with van der Waals surface area (Å²) in [5.74, 6) is 3.84. The quantitative estimate of drug-likeness (QED) is 0.443. The molecular weight excluding hydrogens is 401 g/mol. The molecule has 4 rings (SSSR count). The van der Waals surface area contributed by atoms with Gasteiger partial charge in [-0.05, 0) is 6.42 Å². The van der Waals surface area contributed by atoms with Crippen molar-refractivity contribution in [2.24, 2.45) is 0 Å². The fraction of sp³-hybridized carbons (Fsp3) is 0.500. The number of hydrogen-bond acceptors (Lipinski definition) is 8. The summed E-state index contributed by atoms with van der Waals surface area (Å²) in [6, 6.07) is 0. The van der Waals surface area contributed by atoms with E-state index in [9.17, 15) is 0 Å². The fourth-order valence-electron chi connectivity index (χ4n) is 1.87. The molecule has 1 atom stereocenters. The van der Waals surface area contributed by atoms with Gasteiger partial charge in [0, 0.05) is 22.5 Å². The van der Waals surface area contributed by atoms with Crippen LogP contribution in [0.1, 0.15) is 13.3 Å². The second kappa shape index (κ2) is 6.87. The highest BCUT2D eigenvalue weighted by atomic mass is 32.3. The summed E-state index contributed by atoms with van der Waals surface area (Å²) >= 11 is 16.4. The molecule has 0 nitrogen and oxygen atoms in total. The Balaban J connectivity index is 1.49. The third-order valence-corrected chi connectivity index (χ3v) is 15.4. The third kappa shape index (κ3) is 3.14. The minimum absolute atomic E-state index is 0.817. The van der Waals surface area contributed by atoms with Crippen LogP contribution in [0.2, 0.25) is 0 Å². The topological polar surface area (TPSA) is 0 Å². The van der Waals surface area contributed by atoms with Crippen LogP contribution in [0, 0.1) is 0 Å². The molecule has 0 N–H and O–H groups in total. The van der Waals surface area contributed by atoms with Gasteiger partial charge in [0.2, 0.25) is 0 Å². The summed E-state index contributed by atoms with van der Waals surface area (Å²) in [6.45, 7) is 2.31. The molecule has 0 saturated carbocycles. The van der Waals surface area contributed by atoms with E-state index in [2.05, 4.69) is 54.0 Å². The Hall–Kier alpha value is 2.02. The summed E-state index contributed by atoms with van der Waals surface area (Å²) in [7, 11) is 0. The number of hydrogen-bond donors (Lipinski definition) is 0. The molecule has 1 unspecified atom stereocenters. The summed E-state index contributed by atoms with van der Waals surface area (Å²) in [5.41, 5.74) is 0. The lowest BCUT2D eigenvalue weighted by Gasteiger charge is -2.19. The van der Waals surface area contributed by atoms with Crippen LogP contribution in [0.15, 0.2) is 25.4 Å². The van der Waals surface area contributed by atoms with Gasteiger partial charge in [-0.15, -0.1) is 47.0 Å². The van der Waals surface area contributed by atoms with E-state index in [1.54, 1.807) is 16.9 Å². The van der Waals surface area contributed by atoms with Gasteiger partial charge in [-0.25, -0.2) is 0 Å². The van der Waals surface area contributed by atoms with Gasteiger partial charge in [0.25, 0.3) is 0 Å². The van der Waals surface area contributed by atoms with Gasteiger partial charge in [-0.1, -0.05) is 54.0 Å². The summed E-state index contributed by atoms with van der Waals surface area (Å²) < 4.78 is 9.34. The lowest BCUT2D eigenvalue weighted by molar-refractivity contribution is 0.920. The maximum absolute atomic E-state index is 2.31. The van der Waals surface area contributed by atoms with Crippen LogP contribution in [0.5, 0.6) is 0 Å². The van der Waals surface area contributed by atoms with Gasteiger partial charge in [-0.3, -0.25) is 0 Å². The number of rotatable bonds is 1. The van der Waals surface area contributed by atoms with E-state index in [1.165, 1.54) is 32.2 Å². The first-order chi connectivity index (χ1) is 9.83. The van der Waals surface area contributed by atoms with Gasteiger partial charge in [0.05, 0.1) is 25.4 Å². The average Bonchev–Trinajstić information content (AvgIpc) is 3.09. The molecule has 4 aliphatic heterocycles. The van der Waals surface area contributed by atoms with Crippen LogP contribution in [-0.2, 0) is 0 Å². The molecule has 0 amide bonds. The van der Waals surface area contributed by atoms with Gasteiger partial charge < -0.3 is 0 Å². The van der Waals surface area contributed by atoms with Crippen LogP contribution in [0.4, 0.5) is 0 Å². The minimum Gasteiger partial charge on any atom is -0.116 e. The molecular formula is C12H12S8. The SMILES string of the molecule is CCC1CSC2=C(SC(=C3SC4=C(SCCS4)S3)S2)S1. The molecule has 4 heterocycles. The van der Waals surface area contributed by atoms with Crippen LogP contribution >= 0.6 is 94.1 Å². The lowest BCUT2D eigenvalue weighted by atomic mass is 10.4. The van der Waals surface area contributed by atoms with Crippen molar-refractivity contribution in [1.82, 2.24) is 0 Å². The van der Waals surface area contributed by atoms with Crippen molar-refractivity contribution in [3.05, 3.63) is 25.4 Å². The van der Waals surface area contributed by atoms with Crippen molar-refractivity contribution in [3.63, 3.8) is 0 Å². The predicted octanol–water partition coefficient (Wildman–Crippen LogP) is 7.06. The minimum atomic E-state index is 0.817. The van der Waals surface area contributed by atoms with E-state index in [1.807, 2.05) is 47.0 Å². The highest BCUT2D eigenvalue weighted by Crippen LogP contribution is 2.68. The molecule has 0 spiro atoms.